The summed E-state index contributed by atoms with van der Waals surface area (Å²) in [7, 11) is -1.19. The van der Waals surface area contributed by atoms with Crippen LogP contribution >= 0.6 is 7.26 Å². The van der Waals surface area contributed by atoms with Crippen LogP contribution in [0.1, 0.15) is 33.1 Å². The molecule has 0 aliphatic heterocycles. The lowest BCUT2D eigenvalue weighted by Crippen LogP contribution is -2.33. The molecule has 0 radical (unpaired) electrons. The molecule has 20 heavy (non-hydrogen) atoms. The van der Waals surface area contributed by atoms with Crippen LogP contribution in [0.15, 0.2) is 30.3 Å². The Kier molecular flexibility index (Phi) is 4.86. The van der Waals surface area contributed by atoms with Gasteiger partial charge in [0, 0.05) is 20.1 Å². The van der Waals surface area contributed by atoms with Gasteiger partial charge < -0.3 is 4.74 Å². The third kappa shape index (κ3) is 3.23. The second-order valence-electron chi connectivity index (χ2n) is 6.35. The van der Waals surface area contributed by atoms with Gasteiger partial charge in [0.1, 0.15) is 6.10 Å². The smallest absolute Gasteiger partial charge is 0.302 e. The molecule has 0 N–H and O–H groups in total. The maximum atomic E-state index is 11.2. The van der Waals surface area contributed by atoms with Crippen LogP contribution in [0.5, 0.6) is 0 Å². The van der Waals surface area contributed by atoms with Gasteiger partial charge in [0.15, 0.2) is 0 Å². The van der Waals surface area contributed by atoms with E-state index in [0.29, 0.717) is 11.6 Å². The Morgan fingerprint density at radius 1 is 1.25 bits per heavy atom. The number of esters is 1. The number of hydrogen-bond donors (Lipinski definition) is 0. The van der Waals surface area contributed by atoms with E-state index in [1.807, 2.05) is 0 Å². The van der Waals surface area contributed by atoms with E-state index in [-0.39, 0.29) is 12.1 Å². The number of carbonyl (C=O) groups excluding carboxylic acids is 1. The predicted octanol–water partition coefficient (Wildman–Crippen LogP) is 3.71. The van der Waals surface area contributed by atoms with Crippen LogP contribution < -0.4 is 5.30 Å². The Balaban J connectivity index is 2.19. The third-order valence-electron chi connectivity index (χ3n) is 4.74. The maximum absolute atomic E-state index is 11.2. The average Bonchev–Trinajstić information content (AvgIpc) is 2.89. The van der Waals surface area contributed by atoms with Crippen LogP contribution in [-0.4, -0.2) is 31.1 Å². The van der Waals surface area contributed by atoms with Gasteiger partial charge in [-0.15, -0.1) is 0 Å². The van der Waals surface area contributed by atoms with E-state index in [0.717, 1.165) is 0 Å². The average molecular weight is 293 g/mol. The number of carbonyl (C=O) groups is 1. The Labute approximate surface area is 123 Å². The van der Waals surface area contributed by atoms with Gasteiger partial charge >= 0.3 is 5.97 Å². The molecule has 1 aliphatic rings. The van der Waals surface area contributed by atoms with Gasteiger partial charge in [-0.05, 0) is 38.3 Å². The topological polar surface area (TPSA) is 26.3 Å². The first-order valence-electron chi connectivity index (χ1n) is 7.49. The molecule has 1 fully saturated rings. The van der Waals surface area contributed by atoms with Gasteiger partial charge in [-0.1, -0.05) is 18.2 Å². The summed E-state index contributed by atoms with van der Waals surface area (Å²) in [6.07, 6.45) is 3.77. The SMILES string of the molecule is CC(=O)O[C@H](C)[C@@H]1CCCC1[P+](C)(C)c1ccccc1. The minimum atomic E-state index is -1.19. The van der Waals surface area contributed by atoms with Crippen molar-refractivity contribution in [3.63, 3.8) is 0 Å². The molecule has 0 aromatic heterocycles. The summed E-state index contributed by atoms with van der Waals surface area (Å²) in [6.45, 7) is 8.45. The highest BCUT2D eigenvalue weighted by molar-refractivity contribution is 7.82. The van der Waals surface area contributed by atoms with Crippen molar-refractivity contribution in [3.05, 3.63) is 30.3 Å². The van der Waals surface area contributed by atoms with E-state index in [1.54, 1.807) is 0 Å². The summed E-state index contributed by atoms with van der Waals surface area (Å²) in [5, 5.41) is 1.49. The molecule has 1 aromatic carbocycles. The van der Waals surface area contributed by atoms with E-state index in [1.165, 1.54) is 31.5 Å². The molecule has 2 rings (SSSR count). The molecule has 1 unspecified atom stereocenters. The van der Waals surface area contributed by atoms with Crippen LogP contribution in [0.2, 0.25) is 0 Å². The van der Waals surface area contributed by atoms with Crippen LogP contribution in [0, 0.1) is 5.92 Å². The number of hydrogen-bond acceptors (Lipinski definition) is 2. The lowest BCUT2D eigenvalue weighted by molar-refractivity contribution is -0.147. The standard InChI is InChI=1S/C17H26O2P/c1-13(19-14(2)18)16-11-8-12-17(16)20(3,4)15-9-6-5-7-10-15/h5-7,9-10,13,16-17H,8,11-12H2,1-4H3/q+1/t13-,16+,17?/m1/s1. The summed E-state index contributed by atoms with van der Waals surface area (Å²) in [4.78, 5) is 11.2. The van der Waals surface area contributed by atoms with E-state index in [4.69, 9.17) is 4.74 Å². The predicted molar refractivity (Wildman–Crippen MR) is 87.2 cm³/mol. The third-order valence-corrected chi connectivity index (χ3v) is 8.67. The second-order valence-corrected chi connectivity index (χ2v) is 10.6. The molecule has 0 bridgehead atoms. The highest BCUT2D eigenvalue weighted by Crippen LogP contribution is 2.62. The Morgan fingerprint density at radius 2 is 1.90 bits per heavy atom. The van der Waals surface area contributed by atoms with Crippen molar-refractivity contribution in [1.82, 2.24) is 0 Å². The van der Waals surface area contributed by atoms with Crippen LogP contribution in [0.3, 0.4) is 0 Å². The van der Waals surface area contributed by atoms with E-state index < -0.39 is 7.26 Å². The van der Waals surface area contributed by atoms with Gasteiger partial charge in [0.05, 0.1) is 24.3 Å². The van der Waals surface area contributed by atoms with Gasteiger partial charge in [-0.2, -0.15) is 0 Å². The zero-order chi connectivity index (χ0) is 14.8. The summed E-state index contributed by atoms with van der Waals surface area (Å²) >= 11 is 0. The summed E-state index contributed by atoms with van der Waals surface area (Å²) in [6, 6.07) is 10.9. The van der Waals surface area contributed by atoms with Crippen molar-refractivity contribution in [3.8, 4) is 0 Å². The quantitative estimate of drug-likeness (QED) is 0.625. The molecule has 1 saturated carbocycles. The Hall–Kier alpha value is -0.880. The molecular formula is C17H26O2P+. The molecule has 1 aliphatic carbocycles. The van der Waals surface area contributed by atoms with Crippen LogP contribution in [0.4, 0.5) is 0 Å². The first-order chi connectivity index (χ1) is 9.43. The molecule has 0 amide bonds. The van der Waals surface area contributed by atoms with Gasteiger partial charge in [0.25, 0.3) is 0 Å². The van der Waals surface area contributed by atoms with Crippen molar-refractivity contribution in [2.45, 2.75) is 44.9 Å². The van der Waals surface area contributed by atoms with Crippen LogP contribution in [0.25, 0.3) is 0 Å². The van der Waals surface area contributed by atoms with Crippen molar-refractivity contribution in [2.75, 3.05) is 13.3 Å². The van der Waals surface area contributed by atoms with E-state index in [2.05, 4.69) is 50.6 Å². The van der Waals surface area contributed by atoms with E-state index in [9.17, 15) is 4.79 Å². The number of rotatable bonds is 4. The minimum Gasteiger partial charge on any atom is -0.462 e. The summed E-state index contributed by atoms with van der Waals surface area (Å²) in [5.41, 5.74) is 0.680. The molecule has 0 heterocycles. The van der Waals surface area contributed by atoms with Gasteiger partial charge in [0.2, 0.25) is 0 Å². The zero-order valence-corrected chi connectivity index (χ0v) is 13.9. The lowest BCUT2D eigenvalue weighted by Gasteiger charge is -2.32. The molecule has 1 aromatic rings. The van der Waals surface area contributed by atoms with Gasteiger partial charge in [-0.25, -0.2) is 0 Å². The molecule has 3 atom stereocenters. The lowest BCUT2D eigenvalue weighted by atomic mass is 10.0. The normalized spacial score (nSPS) is 24.4. The maximum Gasteiger partial charge on any atom is 0.302 e. The monoisotopic (exact) mass is 293 g/mol. The molecular weight excluding hydrogens is 267 g/mol. The summed E-state index contributed by atoms with van der Waals surface area (Å²) in [5.74, 6) is 0.362. The minimum absolute atomic E-state index is 0.0444. The highest BCUT2D eigenvalue weighted by Gasteiger charge is 2.48. The highest BCUT2D eigenvalue weighted by atomic mass is 31.2. The fourth-order valence-corrected chi connectivity index (χ4v) is 7.17. The Bertz CT molecular complexity index is 455. The molecule has 110 valence electrons. The Morgan fingerprint density at radius 3 is 2.50 bits per heavy atom. The number of ether oxygens (including phenoxy) is 1. The zero-order valence-electron chi connectivity index (χ0n) is 13.0. The summed E-state index contributed by atoms with van der Waals surface area (Å²) < 4.78 is 5.47. The molecule has 3 heteroatoms. The second kappa shape index (κ2) is 6.26. The van der Waals surface area contributed by atoms with Crippen molar-refractivity contribution in [2.24, 2.45) is 5.92 Å². The van der Waals surface area contributed by atoms with Crippen molar-refractivity contribution in [1.29, 1.82) is 0 Å². The molecule has 0 spiro atoms. The molecule has 0 saturated heterocycles. The number of benzene rings is 1. The van der Waals surface area contributed by atoms with Crippen molar-refractivity contribution < 1.29 is 9.53 Å². The largest absolute Gasteiger partial charge is 0.462 e. The first kappa shape index (κ1) is 15.5. The van der Waals surface area contributed by atoms with E-state index >= 15 is 0 Å². The van der Waals surface area contributed by atoms with Crippen molar-refractivity contribution >= 4 is 18.5 Å². The molecule has 2 nitrogen and oxygen atoms in total. The first-order valence-corrected chi connectivity index (χ1v) is 10.2. The fourth-order valence-electron chi connectivity index (χ4n) is 3.67. The fraction of sp³-hybridized carbons (Fsp3) is 0.588. The van der Waals surface area contributed by atoms with Crippen LogP contribution in [-0.2, 0) is 9.53 Å². The van der Waals surface area contributed by atoms with Gasteiger partial charge in [-0.3, -0.25) is 4.79 Å².